The van der Waals surface area contributed by atoms with Gasteiger partial charge < -0.3 is 10.3 Å². The number of fused-ring (bicyclic) bond motifs is 1. The summed E-state index contributed by atoms with van der Waals surface area (Å²) >= 11 is 6.33. The third-order valence-electron chi connectivity index (χ3n) is 4.75. The van der Waals surface area contributed by atoms with Crippen molar-refractivity contribution in [3.05, 3.63) is 63.2 Å². The molecule has 1 aromatic carbocycles. The van der Waals surface area contributed by atoms with Crippen molar-refractivity contribution in [1.82, 2.24) is 29.4 Å². The number of nitrogens with one attached hydrogen (secondary N) is 2. The molecule has 0 fully saturated rings. The molecule has 2 N–H and O–H groups in total. The van der Waals surface area contributed by atoms with Gasteiger partial charge >= 0.3 is 0 Å². The molecule has 0 saturated carbocycles. The van der Waals surface area contributed by atoms with Gasteiger partial charge in [-0.1, -0.05) is 17.7 Å². The molecule has 0 aliphatic rings. The number of alkyl halides is 2. The van der Waals surface area contributed by atoms with Gasteiger partial charge in [0.05, 0.1) is 5.69 Å². The van der Waals surface area contributed by atoms with Gasteiger partial charge in [-0.2, -0.15) is 14.6 Å². The Morgan fingerprint density at radius 2 is 2.06 bits per heavy atom. The molecule has 0 amide bonds. The minimum absolute atomic E-state index is 0.217. The van der Waals surface area contributed by atoms with E-state index in [1.807, 2.05) is 31.4 Å². The van der Waals surface area contributed by atoms with E-state index >= 15 is 0 Å². The van der Waals surface area contributed by atoms with Gasteiger partial charge in [0.1, 0.15) is 0 Å². The Morgan fingerprint density at radius 3 is 2.81 bits per heavy atom. The van der Waals surface area contributed by atoms with E-state index in [-0.39, 0.29) is 30.1 Å². The zero-order valence-corrected chi connectivity index (χ0v) is 17.4. The van der Waals surface area contributed by atoms with Crippen LogP contribution in [0.3, 0.4) is 0 Å². The first-order valence-corrected chi connectivity index (χ1v) is 10.1. The topological polar surface area (TPSA) is 92.9 Å². The minimum atomic E-state index is -2.36. The minimum Gasteiger partial charge on any atom is -0.349 e. The van der Waals surface area contributed by atoms with Crippen LogP contribution in [0.5, 0.6) is 0 Å². The highest BCUT2D eigenvalue weighted by Crippen LogP contribution is 2.24. The maximum Gasteiger partial charge on any atom is 0.275 e. The van der Waals surface area contributed by atoms with Crippen LogP contribution in [-0.2, 0) is 20.0 Å². The van der Waals surface area contributed by atoms with Crippen LogP contribution in [0.25, 0.3) is 17.0 Å². The molecule has 0 aliphatic heterocycles. The summed E-state index contributed by atoms with van der Waals surface area (Å²) in [5.74, 6) is 0.493. The fourth-order valence-corrected chi connectivity index (χ4v) is 3.39. The number of anilines is 1. The molecule has 3 heterocycles. The molecular formula is C20H20ClF2N7O. The highest BCUT2D eigenvalue weighted by Gasteiger charge is 2.11. The number of aromatic amines is 1. The number of halogens is 3. The van der Waals surface area contributed by atoms with Gasteiger partial charge in [-0.3, -0.25) is 9.48 Å². The van der Waals surface area contributed by atoms with Gasteiger partial charge in [0.2, 0.25) is 18.2 Å². The molecule has 3 aromatic heterocycles. The Labute approximate surface area is 180 Å². The van der Waals surface area contributed by atoms with Gasteiger partial charge in [-0.25, -0.2) is 8.78 Å². The average molecular weight is 448 g/mol. The van der Waals surface area contributed by atoms with E-state index in [9.17, 15) is 13.6 Å². The first-order chi connectivity index (χ1) is 14.9. The lowest BCUT2D eigenvalue weighted by Crippen LogP contribution is -2.16. The maximum absolute atomic E-state index is 12.3. The summed E-state index contributed by atoms with van der Waals surface area (Å²) in [4.78, 5) is 19.5. The van der Waals surface area contributed by atoms with E-state index in [2.05, 4.69) is 25.5 Å². The predicted molar refractivity (Wildman–Crippen MR) is 114 cm³/mol. The molecule has 0 aliphatic carbocycles. The fourth-order valence-electron chi connectivity index (χ4n) is 3.21. The van der Waals surface area contributed by atoms with Gasteiger partial charge in [-0.05, 0) is 36.6 Å². The van der Waals surface area contributed by atoms with E-state index in [4.69, 9.17) is 11.6 Å². The quantitative estimate of drug-likeness (QED) is 0.430. The number of hydrogen-bond acceptors (Lipinski definition) is 5. The molecular weight excluding hydrogens is 428 g/mol. The summed E-state index contributed by atoms with van der Waals surface area (Å²) < 4.78 is 27.5. The van der Waals surface area contributed by atoms with Crippen molar-refractivity contribution in [3.63, 3.8) is 0 Å². The maximum atomic E-state index is 12.3. The van der Waals surface area contributed by atoms with Crippen molar-refractivity contribution in [2.24, 2.45) is 7.05 Å². The number of benzene rings is 1. The Bertz CT molecular complexity index is 1260. The smallest absolute Gasteiger partial charge is 0.275 e. The number of aromatic nitrogens is 6. The second kappa shape index (κ2) is 8.84. The molecule has 4 rings (SSSR count). The van der Waals surface area contributed by atoms with Crippen LogP contribution in [0.1, 0.15) is 24.1 Å². The summed E-state index contributed by atoms with van der Waals surface area (Å²) in [7, 11) is 1.85. The molecule has 8 nitrogen and oxygen atoms in total. The van der Waals surface area contributed by atoms with Gasteiger partial charge in [-0.15, -0.1) is 5.10 Å². The van der Waals surface area contributed by atoms with Crippen molar-refractivity contribution in [2.75, 3.05) is 5.32 Å². The molecule has 162 valence electrons. The van der Waals surface area contributed by atoms with Crippen molar-refractivity contribution in [3.8, 4) is 11.3 Å². The summed E-state index contributed by atoms with van der Waals surface area (Å²) in [6.07, 6.45) is -0.107. The number of aryl methyl sites for hydroxylation is 2. The number of H-pyrrole nitrogens is 1. The van der Waals surface area contributed by atoms with E-state index in [0.717, 1.165) is 21.3 Å². The third kappa shape index (κ3) is 4.91. The van der Waals surface area contributed by atoms with Crippen LogP contribution in [0.15, 0.2) is 41.3 Å². The Kier molecular flexibility index (Phi) is 5.99. The van der Waals surface area contributed by atoms with Crippen LogP contribution in [-0.4, -0.2) is 35.8 Å². The lowest BCUT2D eigenvalue weighted by Gasteiger charge is -2.07. The Balaban J connectivity index is 1.50. The van der Waals surface area contributed by atoms with Crippen molar-refractivity contribution >= 4 is 23.3 Å². The molecule has 0 spiro atoms. The summed E-state index contributed by atoms with van der Waals surface area (Å²) in [5.41, 5.74) is 2.74. The van der Waals surface area contributed by atoms with Crippen molar-refractivity contribution in [2.45, 2.75) is 32.2 Å². The van der Waals surface area contributed by atoms with Crippen LogP contribution < -0.4 is 10.9 Å². The second-order valence-electron chi connectivity index (χ2n) is 7.12. The van der Waals surface area contributed by atoms with Crippen LogP contribution in [0.2, 0.25) is 5.02 Å². The summed E-state index contributed by atoms with van der Waals surface area (Å²) in [6.45, 7) is 0.339. The predicted octanol–water partition coefficient (Wildman–Crippen LogP) is 3.67. The number of hydrogen-bond donors (Lipinski definition) is 2. The van der Waals surface area contributed by atoms with Crippen LogP contribution >= 0.6 is 11.6 Å². The summed E-state index contributed by atoms with van der Waals surface area (Å²) in [5, 5.41) is 12.2. The van der Waals surface area contributed by atoms with Crippen molar-refractivity contribution < 1.29 is 8.78 Å². The monoisotopic (exact) mass is 447 g/mol. The zero-order chi connectivity index (χ0) is 22.0. The number of rotatable bonds is 8. The molecule has 11 heteroatoms. The lowest BCUT2D eigenvalue weighted by molar-refractivity contribution is 0.135. The fraction of sp³-hybridized carbons (Fsp3) is 0.300. The average Bonchev–Trinajstić information content (AvgIpc) is 3.33. The zero-order valence-electron chi connectivity index (χ0n) is 16.6. The van der Waals surface area contributed by atoms with Crippen LogP contribution in [0, 0.1) is 0 Å². The van der Waals surface area contributed by atoms with E-state index in [1.54, 1.807) is 10.7 Å². The largest absolute Gasteiger partial charge is 0.349 e. The van der Waals surface area contributed by atoms with Gasteiger partial charge in [0.15, 0.2) is 0 Å². The molecule has 0 saturated heterocycles. The Hall–Kier alpha value is -3.27. The SMILES string of the molecule is Cn1ccc(-c2ccc(Cl)c(CNc3nc4[nH]c(CCCC(F)F)cc(=O)n4n3)c2)n1. The van der Waals surface area contributed by atoms with E-state index in [0.29, 0.717) is 23.7 Å². The normalized spacial score (nSPS) is 11.5. The Morgan fingerprint density at radius 1 is 1.23 bits per heavy atom. The van der Waals surface area contributed by atoms with Gasteiger partial charge in [0.25, 0.3) is 5.56 Å². The third-order valence-corrected chi connectivity index (χ3v) is 5.12. The van der Waals surface area contributed by atoms with Crippen LogP contribution in [0.4, 0.5) is 14.7 Å². The lowest BCUT2D eigenvalue weighted by atomic mass is 10.1. The molecule has 0 bridgehead atoms. The van der Waals surface area contributed by atoms with Gasteiger partial charge in [0, 0.05) is 48.6 Å². The van der Waals surface area contributed by atoms with E-state index in [1.165, 1.54) is 6.07 Å². The second-order valence-corrected chi connectivity index (χ2v) is 7.53. The highest BCUT2D eigenvalue weighted by molar-refractivity contribution is 6.31. The first kappa shape index (κ1) is 21.0. The van der Waals surface area contributed by atoms with Crippen molar-refractivity contribution in [1.29, 1.82) is 0 Å². The molecule has 0 radical (unpaired) electrons. The summed E-state index contributed by atoms with van der Waals surface area (Å²) in [6, 6.07) is 8.89. The molecule has 0 unspecified atom stereocenters. The molecule has 0 atom stereocenters. The first-order valence-electron chi connectivity index (χ1n) is 9.68. The molecule has 31 heavy (non-hydrogen) atoms. The number of nitrogens with zero attached hydrogens (tertiary/aromatic N) is 5. The van der Waals surface area contributed by atoms with E-state index < -0.39 is 6.43 Å². The molecule has 4 aromatic rings. The standard InChI is InChI=1S/C20H20ClF2N7O/c1-29-8-7-16(27-29)12-5-6-15(21)13(9-12)11-24-19-26-20-25-14(3-2-4-17(22)23)10-18(31)30(20)28-19/h5-10,17H,2-4,11H2,1H3,(H2,24,25,26,28). The highest BCUT2D eigenvalue weighted by atomic mass is 35.5.